The predicted molar refractivity (Wildman–Crippen MR) is 109 cm³/mol. The van der Waals surface area contributed by atoms with E-state index in [4.69, 9.17) is 0 Å². The molecule has 0 fully saturated rings. The number of benzene rings is 1. The van der Waals surface area contributed by atoms with Gasteiger partial charge in [0.05, 0.1) is 10.6 Å². The smallest absolute Gasteiger partial charge is 0.317 e. The highest BCUT2D eigenvalue weighted by Crippen LogP contribution is 2.42. The van der Waals surface area contributed by atoms with E-state index in [0.29, 0.717) is 6.04 Å². The number of carbonyl (C=O) groups is 1. The standard InChI is InChI=1S/C20H25BrN4O/c1-4-25(5-2)20(26)22-12-9-14-13-7-6-8-16-18(13)15(19(21)23-16)10-17(14)24(3)11-12/h6-9,12,17,23H,4-5,10-11H2,1-3H3,(H,22,26)/t12?,17-/m1/s1. The Morgan fingerprint density at radius 2 is 2.15 bits per heavy atom. The quantitative estimate of drug-likeness (QED) is 0.802. The fourth-order valence-electron chi connectivity index (χ4n) is 4.35. The summed E-state index contributed by atoms with van der Waals surface area (Å²) in [4.78, 5) is 20.1. The van der Waals surface area contributed by atoms with Crippen LogP contribution in [-0.4, -0.2) is 59.6 Å². The van der Waals surface area contributed by atoms with Gasteiger partial charge in [0, 0.05) is 36.6 Å². The van der Waals surface area contributed by atoms with Crippen molar-refractivity contribution in [2.24, 2.45) is 0 Å². The lowest BCUT2D eigenvalue weighted by molar-refractivity contribution is 0.193. The Bertz CT molecular complexity index is 883. The van der Waals surface area contributed by atoms with Crippen LogP contribution in [0.5, 0.6) is 0 Å². The number of fused-ring (bicyclic) bond motifs is 2. The van der Waals surface area contributed by atoms with Crippen molar-refractivity contribution in [2.75, 3.05) is 26.7 Å². The molecule has 2 aliphatic rings. The minimum atomic E-state index is 0.0165. The van der Waals surface area contributed by atoms with Crippen LogP contribution in [0.3, 0.4) is 0 Å². The molecule has 1 unspecified atom stereocenters. The molecule has 2 heterocycles. The Balaban J connectivity index is 1.72. The Morgan fingerprint density at radius 1 is 1.38 bits per heavy atom. The van der Waals surface area contributed by atoms with Crippen LogP contribution in [0.2, 0.25) is 0 Å². The lowest BCUT2D eigenvalue weighted by atomic mass is 9.81. The van der Waals surface area contributed by atoms with E-state index in [-0.39, 0.29) is 12.1 Å². The Hall–Kier alpha value is -1.79. The number of amides is 2. The van der Waals surface area contributed by atoms with Gasteiger partial charge in [-0.2, -0.15) is 0 Å². The van der Waals surface area contributed by atoms with Crippen molar-refractivity contribution >= 4 is 38.4 Å². The lowest BCUT2D eigenvalue weighted by Crippen LogP contribution is -2.52. The van der Waals surface area contributed by atoms with Gasteiger partial charge in [0.15, 0.2) is 0 Å². The second-order valence-electron chi connectivity index (χ2n) is 7.16. The molecule has 2 amide bonds. The minimum absolute atomic E-state index is 0.0165. The van der Waals surface area contributed by atoms with Crippen LogP contribution in [0.25, 0.3) is 16.5 Å². The molecule has 4 rings (SSSR count). The Morgan fingerprint density at radius 3 is 2.88 bits per heavy atom. The SMILES string of the molecule is CCN(CC)C(=O)NC1C=C2c3cccc4[nH]c(Br)c(c34)C[C@H]2N(C)C1. The number of hydrogen-bond acceptors (Lipinski definition) is 2. The highest BCUT2D eigenvalue weighted by molar-refractivity contribution is 9.10. The van der Waals surface area contributed by atoms with Gasteiger partial charge < -0.3 is 15.2 Å². The number of nitrogens with one attached hydrogen (secondary N) is 2. The van der Waals surface area contributed by atoms with E-state index >= 15 is 0 Å². The lowest BCUT2D eigenvalue weighted by Gasteiger charge is -2.40. The van der Waals surface area contributed by atoms with Crippen LogP contribution in [-0.2, 0) is 6.42 Å². The molecule has 1 aromatic carbocycles. The first-order valence-corrected chi connectivity index (χ1v) is 10.1. The number of rotatable bonds is 3. The number of hydrogen-bond donors (Lipinski definition) is 2. The molecule has 1 aliphatic heterocycles. The van der Waals surface area contributed by atoms with Gasteiger partial charge in [-0.3, -0.25) is 4.90 Å². The summed E-state index contributed by atoms with van der Waals surface area (Å²) in [6.07, 6.45) is 3.25. The number of likely N-dealkylation sites (N-methyl/N-ethyl adjacent to an activating group) is 1. The first kappa shape index (κ1) is 17.6. The zero-order chi connectivity index (χ0) is 18.4. The molecule has 138 valence electrons. The molecular formula is C20H25BrN4O. The van der Waals surface area contributed by atoms with Crippen LogP contribution >= 0.6 is 15.9 Å². The summed E-state index contributed by atoms with van der Waals surface area (Å²) in [6.45, 7) is 6.30. The van der Waals surface area contributed by atoms with Crippen LogP contribution in [0.1, 0.15) is 25.0 Å². The van der Waals surface area contributed by atoms with Crippen molar-refractivity contribution in [3.8, 4) is 0 Å². The van der Waals surface area contributed by atoms with E-state index in [1.54, 1.807) is 0 Å². The maximum Gasteiger partial charge on any atom is 0.317 e. The second-order valence-corrected chi connectivity index (χ2v) is 7.95. The summed E-state index contributed by atoms with van der Waals surface area (Å²) >= 11 is 3.69. The van der Waals surface area contributed by atoms with Gasteiger partial charge in [-0.05, 0) is 66.0 Å². The molecule has 0 radical (unpaired) electrons. The van der Waals surface area contributed by atoms with E-state index in [2.05, 4.69) is 62.5 Å². The summed E-state index contributed by atoms with van der Waals surface area (Å²) in [6, 6.07) is 6.82. The molecular weight excluding hydrogens is 392 g/mol. The number of H-pyrrole nitrogens is 1. The fourth-order valence-corrected chi connectivity index (χ4v) is 4.92. The summed E-state index contributed by atoms with van der Waals surface area (Å²) in [5.41, 5.74) is 5.13. The van der Waals surface area contributed by atoms with Crippen molar-refractivity contribution in [1.29, 1.82) is 0 Å². The van der Waals surface area contributed by atoms with Crippen LogP contribution in [0.4, 0.5) is 4.79 Å². The maximum atomic E-state index is 12.5. The van der Waals surface area contributed by atoms with Crippen molar-refractivity contribution < 1.29 is 4.79 Å². The highest BCUT2D eigenvalue weighted by atomic mass is 79.9. The van der Waals surface area contributed by atoms with Crippen molar-refractivity contribution in [2.45, 2.75) is 32.4 Å². The van der Waals surface area contributed by atoms with Gasteiger partial charge in [-0.1, -0.05) is 18.2 Å². The van der Waals surface area contributed by atoms with Crippen LogP contribution < -0.4 is 5.32 Å². The van der Waals surface area contributed by atoms with Crippen molar-refractivity contribution in [1.82, 2.24) is 20.1 Å². The zero-order valence-corrected chi connectivity index (χ0v) is 17.1. The minimum Gasteiger partial charge on any atom is -0.349 e. The predicted octanol–water partition coefficient (Wildman–Crippen LogP) is 3.60. The van der Waals surface area contributed by atoms with E-state index in [9.17, 15) is 4.79 Å². The Labute approximate surface area is 162 Å². The van der Waals surface area contributed by atoms with Gasteiger partial charge in [0.25, 0.3) is 0 Å². The molecule has 0 saturated carbocycles. The third kappa shape index (κ3) is 2.76. The number of aromatic nitrogens is 1. The average molecular weight is 417 g/mol. The molecule has 6 heteroatoms. The average Bonchev–Trinajstić information content (AvgIpc) is 2.94. The van der Waals surface area contributed by atoms with Crippen molar-refractivity contribution in [3.05, 3.63) is 40.0 Å². The van der Waals surface area contributed by atoms with Gasteiger partial charge >= 0.3 is 6.03 Å². The molecule has 0 saturated heterocycles. The summed E-state index contributed by atoms with van der Waals surface area (Å²) in [7, 11) is 2.15. The summed E-state index contributed by atoms with van der Waals surface area (Å²) < 4.78 is 1.09. The largest absolute Gasteiger partial charge is 0.349 e. The molecule has 2 N–H and O–H groups in total. The third-order valence-electron chi connectivity index (χ3n) is 5.70. The molecule has 0 spiro atoms. The van der Waals surface area contributed by atoms with E-state index in [1.807, 2.05) is 18.7 Å². The first-order chi connectivity index (χ1) is 12.5. The van der Waals surface area contributed by atoms with Gasteiger partial charge in [-0.25, -0.2) is 4.79 Å². The molecule has 5 nitrogen and oxygen atoms in total. The van der Waals surface area contributed by atoms with Gasteiger partial charge in [-0.15, -0.1) is 0 Å². The topological polar surface area (TPSA) is 51.4 Å². The highest BCUT2D eigenvalue weighted by Gasteiger charge is 2.35. The number of halogens is 1. The molecule has 1 aromatic heterocycles. The number of aromatic amines is 1. The first-order valence-electron chi connectivity index (χ1n) is 9.30. The fraction of sp³-hybridized carbons (Fsp3) is 0.450. The number of urea groups is 1. The molecule has 26 heavy (non-hydrogen) atoms. The normalized spacial score (nSPS) is 22.1. The summed E-state index contributed by atoms with van der Waals surface area (Å²) in [5, 5.41) is 4.51. The number of nitrogens with zero attached hydrogens (tertiary/aromatic N) is 2. The van der Waals surface area contributed by atoms with Crippen LogP contribution in [0.15, 0.2) is 28.9 Å². The summed E-state index contributed by atoms with van der Waals surface area (Å²) in [5.74, 6) is 0. The molecule has 2 aromatic rings. The monoisotopic (exact) mass is 416 g/mol. The molecule has 2 atom stereocenters. The van der Waals surface area contributed by atoms with E-state index < -0.39 is 0 Å². The van der Waals surface area contributed by atoms with E-state index in [0.717, 1.165) is 30.7 Å². The number of carbonyl (C=O) groups excluding carboxylic acids is 1. The van der Waals surface area contributed by atoms with Crippen molar-refractivity contribution in [3.63, 3.8) is 0 Å². The van der Waals surface area contributed by atoms with Gasteiger partial charge in [0.1, 0.15) is 0 Å². The molecule has 0 bridgehead atoms. The van der Waals surface area contributed by atoms with Crippen LogP contribution in [0, 0.1) is 0 Å². The zero-order valence-electron chi connectivity index (χ0n) is 15.5. The maximum absolute atomic E-state index is 12.5. The molecule has 1 aliphatic carbocycles. The van der Waals surface area contributed by atoms with E-state index in [1.165, 1.54) is 27.6 Å². The van der Waals surface area contributed by atoms with Gasteiger partial charge in [0.2, 0.25) is 0 Å². The Kier molecular flexibility index (Phi) is 4.57. The third-order valence-corrected chi connectivity index (χ3v) is 6.38. The second kappa shape index (κ2) is 6.74.